The number of para-hydroxylation sites is 1. The summed E-state index contributed by atoms with van der Waals surface area (Å²) in [6, 6.07) is 17.0. The van der Waals surface area contributed by atoms with E-state index in [2.05, 4.69) is 74.5 Å². The summed E-state index contributed by atoms with van der Waals surface area (Å²) >= 11 is 6.14. The van der Waals surface area contributed by atoms with Crippen molar-refractivity contribution < 1.29 is 4.79 Å². The molecule has 3 heterocycles. The molecule has 35 heavy (non-hydrogen) atoms. The Morgan fingerprint density at radius 3 is 2.46 bits per heavy atom. The Morgan fingerprint density at radius 1 is 1.03 bits per heavy atom. The van der Waals surface area contributed by atoms with Crippen LogP contribution in [-0.4, -0.2) is 70.6 Å². The molecule has 0 N–H and O–H groups in total. The Hall–Kier alpha value is -2.83. The Morgan fingerprint density at radius 2 is 1.77 bits per heavy atom. The average molecular weight is 492 g/mol. The van der Waals surface area contributed by atoms with Crippen molar-refractivity contribution in [2.24, 2.45) is 5.92 Å². The average Bonchev–Trinajstić information content (AvgIpc) is 3.55. The van der Waals surface area contributed by atoms with Crippen LogP contribution in [0.2, 0.25) is 5.02 Å². The highest BCUT2D eigenvalue weighted by Gasteiger charge is 2.41. The quantitative estimate of drug-likeness (QED) is 0.514. The lowest BCUT2D eigenvalue weighted by Crippen LogP contribution is -2.51. The van der Waals surface area contributed by atoms with Crippen molar-refractivity contribution in [3.63, 3.8) is 0 Å². The van der Waals surface area contributed by atoms with Gasteiger partial charge in [-0.05, 0) is 43.2 Å². The first kappa shape index (κ1) is 23.9. The zero-order chi connectivity index (χ0) is 24.4. The normalized spacial score (nSPS) is 21.1. The summed E-state index contributed by atoms with van der Waals surface area (Å²) < 4.78 is 2.09. The van der Waals surface area contributed by atoms with Gasteiger partial charge in [0.1, 0.15) is 0 Å². The maximum absolute atomic E-state index is 13.8. The molecule has 6 nitrogen and oxygen atoms in total. The molecule has 1 amide bonds. The molecule has 0 saturated carbocycles. The van der Waals surface area contributed by atoms with Gasteiger partial charge >= 0.3 is 0 Å². The van der Waals surface area contributed by atoms with Crippen LogP contribution >= 0.6 is 11.6 Å². The number of halogens is 1. The number of carbonyl (C=O) groups is 1. The van der Waals surface area contributed by atoms with Crippen molar-refractivity contribution in [2.75, 3.05) is 44.2 Å². The first-order chi connectivity index (χ1) is 17.0. The van der Waals surface area contributed by atoms with Gasteiger partial charge in [-0.2, -0.15) is 0 Å². The van der Waals surface area contributed by atoms with E-state index in [1.54, 1.807) is 0 Å². The number of hydrogen-bond acceptors (Lipinski definition) is 4. The molecule has 7 heteroatoms. The summed E-state index contributed by atoms with van der Waals surface area (Å²) in [7, 11) is 0. The van der Waals surface area contributed by atoms with E-state index in [1.165, 1.54) is 16.8 Å². The smallest absolute Gasteiger partial charge is 0.227 e. The Bertz CT molecular complexity index is 1120. The minimum atomic E-state index is -0.0151. The van der Waals surface area contributed by atoms with Crippen molar-refractivity contribution in [3.05, 3.63) is 83.4 Å². The van der Waals surface area contributed by atoms with E-state index in [-0.39, 0.29) is 11.8 Å². The maximum Gasteiger partial charge on any atom is 0.227 e. The largest absolute Gasteiger partial charge is 0.368 e. The first-order valence-electron chi connectivity index (χ1n) is 12.6. The highest BCUT2D eigenvalue weighted by molar-refractivity contribution is 6.30. The van der Waals surface area contributed by atoms with Gasteiger partial charge in [-0.1, -0.05) is 41.9 Å². The molecule has 1 aromatic heterocycles. The van der Waals surface area contributed by atoms with Crippen LogP contribution in [0.3, 0.4) is 0 Å². The van der Waals surface area contributed by atoms with E-state index in [0.717, 1.165) is 50.8 Å². The topological polar surface area (TPSA) is 44.6 Å². The van der Waals surface area contributed by atoms with Gasteiger partial charge < -0.3 is 14.4 Å². The van der Waals surface area contributed by atoms with Crippen LogP contribution in [0, 0.1) is 5.92 Å². The van der Waals surface area contributed by atoms with Crippen molar-refractivity contribution in [2.45, 2.75) is 32.4 Å². The van der Waals surface area contributed by atoms with Gasteiger partial charge in [0.2, 0.25) is 5.91 Å². The number of rotatable bonds is 6. The third kappa shape index (κ3) is 5.24. The second-order valence-corrected chi connectivity index (χ2v) is 10.4. The number of anilines is 1. The van der Waals surface area contributed by atoms with Gasteiger partial charge in [0.25, 0.3) is 0 Å². The zero-order valence-electron chi connectivity index (χ0n) is 20.6. The molecule has 0 radical (unpaired) electrons. The Kier molecular flexibility index (Phi) is 7.12. The summed E-state index contributed by atoms with van der Waals surface area (Å²) in [5.41, 5.74) is 3.73. The predicted molar refractivity (Wildman–Crippen MR) is 141 cm³/mol. The van der Waals surface area contributed by atoms with E-state index in [4.69, 9.17) is 11.6 Å². The van der Waals surface area contributed by atoms with Crippen LogP contribution in [0.15, 0.2) is 67.3 Å². The summed E-state index contributed by atoms with van der Waals surface area (Å²) in [6.07, 6.45) is 5.66. The lowest BCUT2D eigenvalue weighted by atomic mass is 9.88. The van der Waals surface area contributed by atoms with Crippen LogP contribution in [0.5, 0.6) is 0 Å². The zero-order valence-corrected chi connectivity index (χ0v) is 21.3. The molecule has 2 aromatic carbocycles. The summed E-state index contributed by atoms with van der Waals surface area (Å²) in [5, 5.41) is 0.736. The fourth-order valence-electron chi connectivity index (χ4n) is 5.49. The van der Waals surface area contributed by atoms with Gasteiger partial charge in [-0.3, -0.25) is 9.69 Å². The predicted octanol–water partition coefficient (Wildman–Crippen LogP) is 4.36. The van der Waals surface area contributed by atoms with E-state index < -0.39 is 0 Å². The van der Waals surface area contributed by atoms with E-state index >= 15 is 0 Å². The lowest BCUT2D eigenvalue weighted by molar-refractivity contribution is -0.135. The molecule has 0 aliphatic carbocycles. The monoisotopic (exact) mass is 491 g/mol. The van der Waals surface area contributed by atoms with Gasteiger partial charge in [-0.25, -0.2) is 4.98 Å². The number of aromatic nitrogens is 2. The van der Waals surface area contributed by atoms with Gasteiger partial charge in [0.05, 0.1) is 18.8 Å². The number of hydrogen-bond donors (Lipinski definition) is 0. The molecule has 2 atom stereocenters. The number of piperazine rings is 1. The van der Waals surface area contributed by atoms with Gasteiger partial charge in [0.15, 0.2) is 0 Å². The maximum atomic E-state index is 13.8. The van der Waals surface area contributed by atoms with Crippen LogP contribution < -0.4 is 4.90 Å². The highest BCUT2D eigenvalue weighted by Crippen LogP contribution is 2.36. The summed E-state index contributed by atoms with van der Waals surface area (Å²) in [5.74, 6) is 0.481. The van der Waals surface area contributed by atoms with Crippen LogP contribution in [0.4, 0.5) is 5.69 Å². The number of amides is 1. The molecule has 184 valence electrons. The van der Waals surface area contributed by atoms with Crippen LogP contribution in [-0.2, 0) is 11.3 Å². The fraction of sp³-hybridized carbons (Fsp3) is 0.429. The van der Waals surface area contributed by atoms with Crippen molar-refractivity contribution in [3.8, 4) is 0 Å². The molecular weight excluding hydrogens is 458 g/mol. The van der Waals surface area contributed by atoms with E-state index in [0.29, 0.717) is 11.9 Å². The minimum Gasteiger partial charge on any atom is -0.368 e. The van der Waals surface area contributed by atoms with Gasteiger partial charge in [0, 0.05) is 74.3 Å². The lowest BCUT2D eigenvalue weighted by Gasteiger charge is -2.38. The fourth-order valence-corrected chi connectivity index (χ4v) is 5.61. The van der Waals surface area contributed by atoms with Crippen molar-refractivity contribution >= 4 is 23.2 Å². The van der Waals surface area contributed by atoms with E-state index in [9.17, 15) is 4.79 Å². The molecule has 0 bridgehead atoms. The Labute approximate surface area is 213 Å². The molecular formula is C28H34ClN5O. The second kappa shape index (κ2) is 10.4. The molecule has 2 saturated heterocycles. The van der Waals surface area contributed by atoms with Crippen molar-refractivity contribution in [1.82, 2.24) is 19.4 Å². The van der Waals surface area contributed by atoms with Crippen LogP contribution in [0.1, 0.15) is 30.9 Å². The molecule has 3 aromatic rings. The molecule has 5 rings (SSSR count). The van der Waals surface area contributed by atoms with E-state index in [1.807, 2.05) is 30.9 Å². The third-order valence-corrected chi connectivity index (χ3v) is 7.78. The molecule has 2 aliphatic heterocycles. The molecule has 0 unspecified atom stereocenters. The number of nitrogens with zero attached hydrogens (tertiary/aromatic N) is 5. The summed E-state index contributed by atoms with van der Waals surface area (Å²) in [6.45, 7) is 10.2. The standard InChI is InChI=1S/C28H34ClN5O/c1-21(2)34-18-25(22-7-9-24(29)10-8-22)26(19-34)28(35)33-15-13-32(14-16-33)27-6-4-3-5-23(27)17-31-12-11-30-20-31/h3-12,20-21,25-26H,13-19H2,1-2H3/t25-,26+/m0/s1. The Balaban J connectivity index is 1.27. The van der Waals surface area contributed by atoms with Gasteiger partial charge in [-0.15, -0.1) is 0 Å². The highest BCUT2D eigenvalue weighted by atomic mass is 35.5. The van der Waals surface area contributed by atoms with Crippen molar-refractivity contribution in [1.29, 1.82) is 0 Å². The SMILES string of the molecule is CC(C)N1C[C@@H](C(=O)N2CCN(c3ccccc3Cn3ccnc3)CC2)[C@H](c2ccc(Cl)cc2)C1. The molecule has 0 spiro atoms. The number of carbonyl (C=O) groups excluding carboxylic acids is 1. The second-order valence-electron chi connectivity index (χ2n) is 9.99. The number of imidazole rings is 1. The minimum absolute atomic E-state index is 0.0151. The molecule has 2 fully saturated rings. The molecule has 2 aliphatic rings. The first-order valence-corrected chi connectivity index (χ1v) is 12.9. The summed E-state index contributed by atoms with van der Waals surface area (Å²) in [4.78, 5) is 24.9. The van der Waals surface area contributed by atoms with Crippen LogP contribution in [0.25, 0.3) is 0 Å². The third-order valence-electron chi connectivity index (χ3n) is 7.53. The number of benzene rings is 2. The number of likely N-dealkylation sites (tertiary alicyclic amines) is 1.